The minimum Gasteiger partial charge on any atom is -0.480 e. The second-order valence-electron chi connectivity index (χ2n) is 3.05. The number of carbonyl (C=O) groups excluding carboxylic acids is 1. The van der Waals surface area contributed by atoms with Crippen LogP contribution in [0, 0.1) is 12.3 Å². The number of hydrogen-bond donors (Lipinski definition) is 1. The zero-order valence-corrected chi connectivity index (χ0v) is 7.77. The third kappa shape index (κ3) is 1.86. The highest BCUT2D eigenvalue weighted by Gasteiger charge is 2.39. The fraction of sp³-hybridized carbons (Fsp3) is 0.556. The molecular weight excluding hydrogens is 186 g/mol. The quantitative estimate of drug-likeness (QED) is 0.595. The van der Waals surface area contributed by atoms with Gasteiger partial charge in [-0.1, -0.05) is 0 Å². The second-order valence-corrected chi connectivity index (χ2v) is 3.05. The second kappa shape index (κ2) is 4.11. The first kappa shape index (κ1) is 10.5. The van der Waals surface area contributed by atoms with Crippen molar-refractivity contribution >= 4 is 11.9 Å². The molecule has 1 N–H and O–H groups in total. The van der Waals surface area contributed by atoms with Crippen molar-refractivity contribution in [3.05, 3.63) is 0 Å². The predicted molar refractivity (Wildman–Crippen MR) is 47.4 cm³/mol. The number of carboxylic acids is 1. The molecule has 1 fully saturated rings. The van der Waals surface area contributed by atoms with Crippen LogP contribution in [0.2, 0.25) is 0 Å². The van der Waals surface area contributed by atoms with Gasteiger partial charge in [-0.15, -0.1) is 6.42 Å². The van der Waals surface area contributed by atoms with Crippen molar-refractivity contribution in [2.75, 3.05) is 13.7 Å². The van der Waals surface area contributed by atoms with Gasteiger partial charge >= 0.3 is 5.97 Å². The highest BCUT2D eigenvalue weighted by molar-refractivity contribution is 5.96. The van der Waals surface area contributed by atoms with Crippen molar-refractivity contribution in [2.45, 2.75) is 18.6 Å². The van der Waals surface area contributed by atoms with Crippen LogP contribution in [0.5, 0.6) is 0 Å². The number of carboxylic acid groups (broad SMARTS) is 1. The Labute approximate surface area is 81.6 Å². The van der Waals surface area contributed by atoms with E-state index in [-0.39, 0.29) is 12.6 Å². The molecule has 76 valence electrons. The summed E-state index contributed by atoms with van der Waals surface area (Å²) in [5.41, 5.74) is 0. The standard InChI is InChI=1S/C9H11NO4/c1-3-8(11)10-5-6(14-2)4-7(10)9(12)13/h1,6-7H,4-5H2,2H3,(H,12,13). The van der Waals surface area contributed by atoms with Crippen LogP contribution in [0.1, 0.15) is 6.42 Å². The van der Waals surface area contributed by atoms with Gasteiger partial charge in [-0.3, -0.25) is 4.79 Å². The highest BCUT2D eigenvalue weighted by Crippen LogP contribution is 2.19. The lowest BCUT2D eigenvalue weighted by Crippen LogP contribution is -2.39. The monoisotopic (exact) mass is 197 g/mol. The van der Waals surface area contributed by atoms with Gasteiger partial charge in [0.15, 0.2) is 0 Å². The zero-order chi connectivity index (χ0) is 10.7. The summed E-state index contributed by atoms with van der Waals surface area (Å²) in [4.78, 5) is 23.1. The van der Waals surface area contributed by atoms with E-state index in [1.807, 2.05) is 5.92 Å². The fourth-order valence-corrected chi connectivity index (χ4v) is 1.51. The van der Waals surface area contributed by atoms with Crippen LogP contribution < -0.4 is 0 Å². The van der Waals surface area contributed by atoms with Crippen molar-refractivity contribution < 1.29 is 19.4 Å². The largest absolute Gasteiger partial charge is 0.480 e. The Hall–Kier alpha value is -1.54. The first-order valence-electron chi connectivity index (χ1n) is 4.13. The summed E-state index contributed by atoms with van der Waals surface area (Å²) in [6.45, 7) is 0.247. The molecule has 5 heteroatoms. The Morgan fingerprint density at radius 3 is 2.71 bits per heavy atom. The van der Waals surface area contributed by atoms with Crippen molar-refractivity contribution in [1.82, 2.24) is 4.90 Å². The lowest BCUT2D eigenvalue weighted by molar-refractivity contribution is -0.146. The topological polar surface area (TPSA) is 66.8 Å². The minimum atomic E-state index is -1.05. The van der Waals surface area contributed by atoms with Crippen molar-refractivity contribution in [3.8, 4) is 12.3 Å². The number of methoxy groups -OCH3 is 1. The van der Waals surface area contributed by atoms with Gasteiger partial charge in [0.25, 0.3) is 5.91 Å². The Bertz CT molecular complexity index is 294. The van der Waals surface area contributed by atoms with Gasteiger partial charge in [0.2, 0.25) is 0 Å². The summed E-state index contributed by atoms with van der Waals surface area (Å²) >= 11 is 0. The number of nitrogens with zero attached hydrogens (tertiary/aromatic N) is 1. The number of carbonyl (C=O) groups is 2. The third-order valence-corrected chi connectivity index (χ3v) is 2.27. The molecule has 1 rings (SSSR count). The molecule has 0 aromatic heterocycles. The van der Waals surface area contributed by atoms with Crippen molar-refractivity contribution in [3.63, 3.8) is 0 Å². The van der Waals surface area contributed by atoms with E-state index in [4.69, 9.17) is 16.3 Å². The van der Waals surface area contributed by atoms with E-state index in [9.17, 15) is 9.59 Å². The average molecular weight is 197 g/mol. The molecule has 1 aliphatic heterocycles. The number of ether oxygens (including phenoxy) is 1. The summed E-state index contributed by atoms with van der Waals surface area (Å²) in [7, 11) is 1.48. The number of rotatable bonds is 2. The number of terminal acetylenes is 1. The average Bonchev–Trinajstić information content (AvgIpc) is 2.60. The first-order chi connectivity index (χ1) is 6.60. The zero-order valence-electron chi connectivity index (χ0n) is 7.77. The van der Waals surface area contributed by atoms with Crippen molar-refractivity contribution in [2.24, 2.45) is 0 Å². The molecule has 0 spiro atoms. The molecule has 2 atom stereocenters. The van der Waals surface area contributed by atoms with Crippen LogP contribution in [-0.4, -0.2) is 47.7 Å². The molecule has 0 bridgehead atoms. The van der Waals surface area contributed by atoms with Crippen molar-refractivity contribution in [1.29, 1.82) is 0 Å². The summed E-state index contributed by atoms with van der Waals surface area (Å²) in [5, 5.41) is 8.82. The Balaban J connectivity index is 2.78. The van der Waals surface area contributed by atoms with Gasteiger partial charge in [-0.05, 0) is 5.92 Å². The molecule has 1 saturated heterocycles. The first-order valence-corrected chi connectivity index (χ1v) is 4.13. The molecule has 0 aromatic carbocycles. The Kier molecular flexibility index (Phi) is 3.10. The van der Waals surface area contributed by atoms with Crippen LogP contribution in [0.15, 0.2) is 0 Å². The third-order valence-electron chi connectivity index (χ3n) is 2.27. The highest BCUT2D eigenvalue weighted by atomic mass is 16.5. The molecule has 5 nitrogen and oxygen atoms in total. The minimum absolute atomic E-state index is 0.242. The van der Waals surface area contributed by atoms with E-state index in [0.29, 0.717) is 6.42 Å². The molecule has 1 aliphatic rings. The molecule has 0 aliphatic carbocycles. The van der Waals surface area contributed by atoms with E-state index in [1.165, 1.54) is 7.11 Å². The van der Waals surface area contributed by atoms with E-state index < -0.39 is 17.9 Å². The van der Waals surface area contributed by atoms with Crippen LogP contribution in [-0.2, 0) is 14.3 Å². The summed E-state index contributed by atoms with van der Waals surface area (Å²) < 4.78 is 4.99. The van der Waals surface area contributed by atoms with Gasteiger partial charge in [0.05, 0.1) is 6.10 Å². The normalized spacial score (nSPS) is 25.9. The van der Waals surface area contributed by atoms with Crippen LogP contribution in [0.3, 0.4) is 0 Å². The lowest BCUT2D eigenvalue weighted by atomic mass is 10.2. The Morgan fingerprint density at radius 1 is 1.64 bits per heavy atom. The molecule has 1 heterocycles. The summed E-state index contributed by atoms with van der Waals surface area (Å²) in [5.74, 6) is 0.256. The number of aliphatic carboxylic acids is 1. The summed E-state index contributed by atoms with van der Waals surface area (Å²) in [6, 6.07) is -0.858. The van der Waals surface area contributed by atoms with Gasteiger partial charge in [0.1, 0.15) is 6.04 Å². The molecule has 0 radical (unpaired) electrons. The van der Waals surface area contributed by atoms with E-state index in [0.717, 1.165) is 4.90 Å². The lowest BCUT2D eigenvalue weighted by Gasteiger charge is -2.17. The Morgan fingerprint density at radius 2 is 2.29 bits per heavy atom. The van der Waals surface area contributed by atoms with Gasteiger partial charge in [0, 0.05) is 20.1 Å². The molecule has 0 saturated carbocycles. The van der Waals surface area contributed by atoms with Gasteiger partial charge in [-0.2, -0.15) is 0 Å². The predicted octanol–water partition coefficient (Wildman–Crippen LogP) is -0.680. The van der Waals surface area contributed by atoms with Crippen LogP contribution >= 0.6 is 0 Å². The SMILES string of the molecule is C#CC(=O)N1CC(OC)CC1C(=O)O. The van der Waals surface area contributed by atoms with Crippen LogP contribution in [0.25, 0.3) is 0 Å². The number of amides is 1. The maximum absolute atomic E-state index is 11.2. The number of likely N-dealkylation sites (tertiary alicyclic amines) is 1. The van der Waals surface area contributed by atoms with E-state index in [2.05, 4.69) is 0 Å². The fourth-order valence-electron chi connectivity index (χ4n) is 1.51. The molecule has 1 amide bonds. The van der Waals surface area contributed by atoms with Gasteiger partial charge in [-0.25, -0.2) is 4.79 Å². The van der Waals surface area contributed by atoms with Gasteiger partial charge < -0.3 is 14.7 Å². The molecule has 2 unspecified atom stereocenters. The molecule has 14 heavy (non-hydrogen) atoms. The van der Waals surface area contributed by atoms with Crippen LogP contribution in [0.4, 0.5) is 0 Å². The maximum atomic E-state index is 11.2. The molecule has 0 aromatic rings. The maximum Gasteiger partial charge on any atom is 0.326 e. The number of hydrogen-bond acceptors (Lipinski definition) is 3. The van der Waals surface area contributed by atoms with E-state index >= 15 is 0 Å². The summed E-state index contributed by atoms with van der Waals surface area (Å²) in [6.07, 6.45) is 4.97. The molecular formula is C9H11NO4. The van der Waals surface area contributed by atoms with E-state index in [1.54, 1.807) is 0 Å². The smallest absolute Gasteiger partial charge is 0.326 e.